The van der Waals surface area contributed by atoms with Crippen LogP contribution in [0.4, 0.5) is 0 Å². The number of methoxy groups -OCH3 is 1. The summed E-state index contributed by atoms with van der Waals surface area (Å²) in [5.41, 5.74) is 0. The molecule has 0 N–H and O–H groups in total. The molecule has 0 aliphatic heterocycles. The van der Waals surface area contributed by atoms with E-state index >= 15 is 0 Å². The van der Waals surface area contributed by atoms with Crippen molar-refractivity contribution in [1.29, 1.82) is 0 Å². The minimum absolute atomic E-state index is 0.593. The Bertz CT molecular complexity index is 78.5. The van der Waals surface area contributed by atoms with Gasteiger partial charge < -0.3 is 4.74 Å². The average molecular weight is 114 g/mol. The third-order valence-electron chi connectivity index (χ3n) is 1.94. The lowest BCUT2D eigenvalue weighted by Gasteiger charge is -1.99. The van der Waals surface area contributed by atoms with Gasteiger partial charge in [0.2, 0.25) is 0 Å². The molecule has 0 aromatic rings. The molecule has 0 amide bonds. The Hall–Kier alpha value is -0.0400. The Morgan fingerprint density at radius 3 is 2.25 bits per heavy atom. The van der Waals surface area contributed by atoms with Crippen LogP contribution in [0.5, 0.6) is 0 Å². The molecule has 0 aromatic carbocycles. The van der Waals surface area contributed by atoms with Crippen molar-refractivity contribution in [3.05, 3.63) is 0 Å². The highest BCUT2D eigenvalue weighted by Crippen LogP contribution is 2.39. The van der Waals surface area contributed by atoms with Crippen molar-refractivity contribution in [2.24, 2.45) is 11.8 Å². The van der Waals surface area contributed by atoms with E-state index < -0.39 is 0 Å². The minimum Gasteiger partial charge on any atom is -0.381 e. The Labute approximate surface area is 51.0 Å². The standard InChI is InChI=1S/C7H14O/c1-5(2)6-4-7(6)8-3/h5-7H,4H2,1-3H3/t6?,7-/m0/s1. The molecule has 0 spiro atoms. The van der Waals surface area contributed by atoms with Gasteiger partial charge in [-0.1, -0.05) is 13.8 Å². The van der Waals surface area contributed by atoms with E-state index in [1.54, 1.807) is 7.11 Å². The summed E-state index contributed by atoms with van der Waals surface area (Å²) in [5.74, 6) is 1.68. The van der Waals surface area contributed by atoms with Crippen LogP contribution in [0, 0.1) is 11.8 Å². The van der Waals surface area contributed by atoms with Gasteiger partial charge in [0.25, 0.3) is 0 Å². The lowest BCUT2D eigenvalue weighted by Crippen LogP contribution is -1.97. The molecule has 0 heterocycles. The summed E-state index contributed by atoms with van der Waals surface area (Å²) >= 11 is 0. The Balaban J connectivity index is 2.16. The molecular weight excluding hydrogens is 100 g/mol. The van der Waals surface area contributed by atoms with Crippen molar-refractivity contribution in [3.8, 4) is 0 Å². The third kappa shape index (κ3) is 1.03. The molecule has 48 valence electrons. The van der Waals surface area contributed by atoms with E-state index in [0.29, 0.717) is 6.10 Å². The maximum absolute atomic E-state index is 5.14. The van der Waals surface area contributed by atoms with E-state index in [2.05, 4.69) is 13.8 Å². The SMILES string of the molecule is CO[C@H]1CC1C(C)C. The van der Waals surface area contributed by atoms with E-state index in [1.807, 2.05) is 0 Å². The minimum atomic E-state index is 0.593. The zero-order chi connectivity index (χ0) is 6.15. The highest BCUT2D eigenvalue weighted by atomic mass is 16.5. The molecular formula is C7H14O. The first kappa shape index (κ1) is 6.09. The van der Waals surface area contributed by atoms with Crippen LogP contribution in [-0.4, -0.2) is 13.2 Å². The van der Waals surface area contributed by atoms with Gasteiger partial charge in [0.1, 0.15) is 0 Å². The number of ether oxygens (including phenoxy) is 1. The summed E-state index contributed by atoms with van der Waals surface area (Å²) in [6, 6.07) is 0. The average Bonchev–Trinajstić information content (AvgIpc) is 2.42. The molecule has 0 radical (unpaired) electrons. The molecule has 1 fully saturated rings. The zero-order valence-corrected chi connectivity index (χ0v) is 5.85. The summed E-state index contributed by atoms with van der Waals surface area (Å²) in [7, 11) is 1.80. The third-order valence-corrected chi connectivity index (χ3v) is 1.94. The topological polar surface area (TPSA) is 9.23 Å². The molecule has 0 aromatic heterocycles. The summed E-state index contributed by atoms with van der Waals surface area (Å²) in [4.78, 5) is 0. The second kappa shape index (κ2) is 2.06. The van der Waals surface area contributed by atoms with Crippen LogP contribution in [0.25, 0.3) is 0 Å². The zero-order valence-electron chi connectivity index (χ0n) is 5.85. The van der Waals surface area contributed by atoms with Crippen LogP contribution in [-0.2, 0) is 4.74 Å². The van der Waals surface area contributed by atoms with Crippen LogP contribution < -0.4 is 0 Å². The normalized spacial score (nSPS) is 36.0. The first-order valence-electron chi connectivity index (χ1n) is 3.28. The lowest BCUT2D eigenvalue weighted by molar-refractivity contribution is 0.161. The predicted molar refractivity (Wildman–Crippen MR) is 33.7 cm³/mol. The highest BCUT2D eigenvalue weighted by Gasteiger charge is 2.39. The van der Waals surface area contributed by atoms with E-state index in [-0.39, 0.29) is 0 Å². The molecule has 1 rings (SSSR count). The second-order valence-electron chi connectivity index (χ2n) is 2.92. The molecule has 1 nitrogen and oxygen atoms in total. The molecule has 8 heavy (non-hydrogen) atoms. The highest BCUT2D eigenvalue weighted by molar-refractivity contribution is 4.89. The maximum Gasteiger partial charge on any atom is 0.0606 e. The van der Waals surface area contributed by atoms with E-state index in [0.717, 1.165) is 11.8 Å². The molecule has 1 aliphatic carbocycles. The first-order valence-corrected chi connectivity index (χ1v) is 3.28. The van der Waals surface area contributed by atoms with Crippen molar-refractivity contribution in [1.82, 2.24) is 0 Å². The molecule has 1 saturated carbocycles. The Morgan fingerprint density at radius 1 is 1.50 bits per heavy atom. The fraction of sp³-hybridized carbons (Fsp3) is 1.00. The van der Waals surface area contributed by atoms with Gasteiger partial charge in [0.05, 0.1) is 6.10 Å². The van der Waals surface area contributed by atoms with Gasteiger partial charge in [-0.2, -0.15) is 0 Å². The smallest absolute Gasteiger partial charge is 0.0606 e. The van der Waals surface area contributed by atoms with E-state index in [1.165, 1.54) is 6.42 Å². The van der Waals surface area contributed by atoms with Crippen LogP contribution in [0.2, 0.25) is 0 Å². The Morgan fingerprint density at radius 2 is 2.12 bits per heavy atom. The summed E-state index contributed by atoms with van der Waals surface area (Å²) in [5, 5.41) is 0. The van der Waals surface area contributed by atoms with E-state index in [4.69, 9.17) is 4.74 Å². The lowest BCUT2D eigenvalue weighted by atomic mass is 10.1. The van der Waals surface area contributed by atoms with Gasteiger partial charge in [0, 0.05) is 7.11 Å². The molecule has 1 aliphatic rings. The van der Waals surface area contributed by atoms with Crippen molar-refractivity contribution in [2.45, 2.75) is 26.4 Å². The van der Waals surface area contributed by atoms with Gasteiger partial charge in [-0.3, -0.25) is 0 Å². The van der Waals surface area contributed by atoms with Crippen molar-refractivity contribution in [2.75, 3.05) is 7.11 Å². The number of hydrogen-bond acceptors (Lipinski definition) is 1. The molecule has 2 atom stereocenters. The largest absolute Gasteiger partial charge is 0.381 e. The molecule has 0 bridgehead atoms. The maximum atomic E-state index is 5.14. The van der Waals surface area contributed by atoms with Gasteiger partial charge in [-0.25, -0.2) is 0 Å². The van der Waals surface area contributed by atoms with Gasteiger partial charge in [-0.05, 0) is 18.3 Å². The Kier molecular flexibility index (Phi) is 1.57. The predicted octanol–water partition coefficient (Wildman–Crippen LogP) is 1.68. The van der Waals surface area contributed by atoms with Gasteiger partial charge in [0.15, 0.2) is 0 Å². The molecule has 1 heteroatoms. The second-order valence-corrected chi connectivity index (χ2v) is 2.92. The van der Waals surface area contributed by atoms with Gasteiger partial charge in [-0.15, -0.1) is 0 Å². The van der Waals surface area contributed by atoms with Crippen LogP contribution in [0.15, 0.2) is 0 Å². The van der Waals surface area contributed by atoms with Gasteiger partial charge >= 0.3 is 0 Å². The molecule has 1 unspecified atom stereocenters. The van der Waals surface area contributed by atoms with Crippen molar-refractivity contribution in [3.63, 3.8) is 0 Å². The fourth-order valence-corrected chi connectivity index (χ4v) is 1.16. The fourth-order valence-electron chi connectivity index (χ4n) is 1.16. The van der Waals surface area contributed by atoms with Crippen LogP contribution in [0.1, 0.15) is 20.3 Å². The monoisotopic (exact) mass is 114 g/mol. The van der Waals surface area contributed by atoms with Crippen LogP contribution >= 0.6 is 0 Å². The molecule has 0 saturated heterocycles. The quantitative estimate of drug-likeness (QED) is 0.530. The van der Waals surface area contributed by atoms with Crippen molar-refractivity contribution < 1.29 is 4.74 Å². The van der Waals surface area contributed by atoms with Crippen LogP contribution in [0.3, 0.4) is 0 Å². The number of hydrogen-bond donors (Lipinski definition) is 0. The van der Waals surface area contributed by atoms with Crippen molar-refractivity contribution >= 4 is 0 Å². The summed E-state index contributed by atoms with van der Waals surface area (Å²) in [6.45, 7) is 4.51. The summed E-state index contributed by atoms with van der Waals surface area (Å²) in [6.07, 6.45) is 1.88. The number of rotatable bonds is 2. The summed E-state index contributed by atoms with van der Waals surface area (Å²) < 4.78 is 5.14. The van der Waals surface area contributed by atoms with E-state index in [9.17, 15) is 0 Å². The first-order chi connectivity index (χ1) is 3.75.